The zero-order chi connectivity index (χ0) is 16.7. The highest BCUT2D eigenvalue weighted by Gasteiger charge is 2.72. The third kappa shape index (κ3) is 2.35. The van der Waals surface area contributed by atoms with Gasteiger partial charge in [0.25, 0.3) is 0 Å². The van der Waals surface area contributed by atoms with Crippen molar-refractivity contribution in [1.29, 1.82) is 5.26 Å². The van der Waals surface area contributed by atoms with Gasteiger partial charge in [-0.15, -0.1) is 0 Å². The minimum absolute atomic E-state index is 0.107. The van der Waals surface area contributed by atoms with E-state index in [2.05, 4.69) is 0 Å². The van der Waals surface area contributed by atoms with Gasteiger partial charge in [-0.1, -0.05) is 41.9 Å². The monoisotopic (exact) mass is 345 g/mol. The van der Waals surface area contributed by atoms with Crippen molar-refractivity contribution in [3.63, 3.8) is 0 Å². The Kier molecular flexibility index (Phi) is 3.75. The van der Waals surface area contributed by atoms with Crippen LogP contribution >= 0.6 is 11.6 Å². The lowest BCUT2D eigenvalue weighted by Crippen LogP contribution is -2.16. The van der Waals surface area contributed by atoms with Crippen LogP contribution in [0.4, 0.5) is 0 Å². The predicted molar refractivity (Wildman–Crippen MR) is 85.7 cm³/mol. The van der Waals surface area contributed by atoms with Crippen molar-refractivity contribution in [3.05, 3.63) is 65.2 Å². The van der Waals surface area contributed by atoms with Gasteiger partial charge in [-0.3, -0.25) is 0 Å². The van der Waals surface area contributed by atoms with Gasteiger partial charge >= 0.3 is 0 Å². The average molecular weight is 346 g/mol. The maximum Gasteiger partial charge on any atom is 0.183 e. The molecule has 0 radical (unpaired) electrons. The third-order valence-corrected chi connectivity index (χ3v) is 6.68. The summed E-state index contributed by atoms with van der Waals surface area (Å²) in [7, 11) is -3.80. The summed E-state index contributed by atoms with van der Waals surface area (Å²) in [5.74, 6) is -0.714. The second-order valence-electron chi connectivity index (χ2n) is 5.47. The summed E-state index contributed by atoms with van der Waals surface area (Å²) in [4.78, 5) is 11.7. The number of rotatable bonds is 4. The van der Waals surface area contributed by atoms with Crippen molar-refractivity contribution >= 4 is 27.7 Å². The number of nitriles is 1. The molecule has 23 heavy (non-hydrogen) atoms. The van der Waals surface area contributed by atoms with E-state index in [1.807, 2.05) is 6.07 Å². The lowest BCUT2D eigenvalue weighted by Gasteiger charge is -2.04. The molecule has 0 amide bonds. The van der Waals surface area contributed by atoms with Crippen LogP contribution in [0.5, 0.6) is 0 Å². The molecule has 0 unspecified atom stereocenters. The summed E-state index contributed by atoms with van der Waals surface area (Å²) < 4.78 is 25.7. The van der Waals surface area contributed by atoms with Crippen LogP contribution in [0.15, 0.2) is 59.5 Å². The molecule has 116 valence electrons. The van der Waals surface area contributed by atoms with E-state index in [-0.39, 0.29) is 4.90 Å². The maximum atomic E-state index is 12.9. The van der Waals surface area contributed by atoms with Crippen molar-refractivity contribution in [3.8, 4) is 6.07 Å². The summed E-state index contributed by atoms with van der Waals surface area (Å²) in [6.45, 7) is 0. The minimum atomic E-state index is -3.80. The SMILES string of the molecule is N#C[C@]1(C=O)[C@H](c2cccc(Cl)c2)[C@@H]1S(=O)(=O)c1ccccc1. The Labute approximate surface area is 139 Å². The molecule has 0 spiro atoms. The summed E-state index contributed by atoms with van der Waals surface area (Å²) >= 11 is 5.95. The molecule has 3 atom stereocenters. The van der Waals surface area contributed by atoms with Crippen LogP contribution in [0.2, 0.25) is 5.02 Å². The average Bonchev–Trinajstić information content (AvgIpc) is 3.26. The molecule has 1 saturated carbocycles. The number of hydrogen-bond acceptors (Lipinski definition) is 4. The Balaban J connectivity index is 2.11. The molecule has 0 heterocycles. The van der Waals surface area contributed by atoms with Crippen LogP contribution in [-0.4, -0.2) is 20.0 Å². The van der Waals surface area contributed by atoms with Crippen LogP contribution in [-0.2, 0) is 14.6 Å². The van der Waals surface area contributed by atoms with Gasteiger partial charge < -0.3 is 4.79 Å². The van der Waals surface area contributed by atoms with E-state index in [1.54, 1.807) is 42.5 Å². The number of aldehydes is 1. The second kappa shape index (κ2) is 5.48. The van der Waals surface area contributed by atoms with Gasteiger partial charge in [-0.25, -0.2) is 8.42 Å². The van der Waals surface area contributed by atoms with Gasteiger partial charge in [0.05, 0.1) is 11.0 Å². The van der Waals surface area contributed by atoms with Gasteiger partial charge in [0, 0.05) is 10.9 Å². The van der Waals surface area contributed by atoms with E-state index in [4.69, 9.17) is 11.6 Å². The Morgan fingerprint density at radius 3 is 2.39 bits per heavy atom. The fourth-order valence-corrected chi connectivity index (χ4v) is 5.48. The first-order valence-corrected chi connectivity index (χ1v) is 8.82. The van der Waals surface area contributed by atoms with Gasteiger partial charge in [0.2, 0.25) is 0 Å². The van der Waals surface area contributed by atoms with Crippen molar-refractivity contribution in [2.75, 3.05) is 0 Å². The number of halogens is 1. The van der Waals surface area contributed by atoms with Crippen LogP contribution < -0.4 is 0 Å². The molecular weight excluding hydrogens is 334 g/mol. The zero-order valence-electron chi connectivity index (χ0n) is 11.9. The Hall–Kier alpha value is -2.16. The number of benzene rings is 2. The van der Waals surface area contributed by atoms with Crippen LogP contribution in [0.25, 0.3) is 0 Å². The normalized spacial score (nSPS) is 26.3. The van der Waals surface area contributed by atoms with Crippen LogP contribution in [0.3, 0.4) is 0 Å². The topological polar surface area (TPSA) is 75.0 Å². The van der Waals surface area contributed by atoms with E-state index >= 15 is 0 Å². The van der Waals surface area contributed by atoms with Crippen LogP contribution in [0, 0.1) is 16.7 Å². The van der Waals surface area contributed by atoms with Gasteiger partial charge in [0.15, 0.2) is 9.84 Å². The number of hydrogen-bond donors (Lipinski definition) is 0. The fraction of sp³-hybridized carbons (Fsp3) is 0.176. The van der Waals surface area contributed by atoms with E-state index in [0.29, 0.717) is 16.9 Å². The summed E-state index contributed by atoms with van der Waals surface area (Å²) in [6, 6.07) is 16.4. The Morgan fingerprint density at radius 2 is 1.83 bits per heavy atom. The van der Waals surface area contributed by atoms with E-state index in [1.165, 1.54) is 12.1 Å². The highest BCUT2D eigenvalue weighted by molar-refractivity contribution is 7.92. The third-order valence-electron chi connectivity index (χ3n) is 4.18. The number of sulfone groups is 1. The predicted octanol–water partition coefficient (Wildman–Crippen LogP) is 2.99. The highest BCUT2D eigenvalue weighted by Crippen LogP contribution is 2.62. The molecule has 2 aromatic carbocycles. The molecular formula is C17H12ClNO3S. The molecule has 1 aliphatic rings. The largest absolute Gasteiger partial charge is 0.302 e. The summed E-state index contributed by atoms with van der Waals surface area (Å²) in [5.41, 5.74) is -0.991. The summed E-state index contributed by atoms with van der Waals surface area (Å²) in [5, 5.41) is 8.79. The number of nitrogens with zero attached hydrogens (tertiary/aromatic N) is 1. The smallest absolute Gasteiger partial charge is 0.183 e. The van der Waals surface area contributed by atoms with E-state index in [9.17, 15) is 18.5 Å². The highest BCUT2D eigenvalue weighted by atomic mass is 35.5. The standard InChI is InChI=1S/C17H12ClNO3S/c18-13-6-4-5-12(9-13)15-16(17(15,10-19)11-20)23(21,22)14-7-2-1-3-8-14/h1-9,11,15-16H/t15-,16+,17+/m1/s1. The van der Waals surface area contributed by atoms with Gasteiger partial charge in [0.1, 0.15) is 17.0 Å². The molecule has 0 aromatic heterocycles. The van der Waals surface area contributed by atoms with Gasteiger partial charge in [-0.2, -0.15) is 5.26 Å². The van der Waals surface area contributed by atoms with E-state index < -0.39 is 26.4 Å². The van der Waals surface area contributed by atoms with Crippen LogP contribution in [0.1, 0.15) is 11.5 Å². The molecule has 2 aromatic rings. The summed E-state index contributed by atoms with van der Waals surface area (Å²) in [6.07, 6.45) is 0.448. The second-order valence-corrected chi connectivity index (χ2v) is 7.98. The lowest BCUT2D eigenvalue weighted by molar-refractivity contribution is -0.110. The molecule has 1 aliphatic carbocycles. The first kappa shape index (κ1) is 15.7. The molecule has 3 rings (SSSR count). The Bertz CT molecular complexity index is 905. The molecule has 0 aliphatic heterocycles. The molecule has 1 fully saturated rings. The maximum absolute atomic E-state index is 12.9. The quantitative estimate of drug-likeness (QED) is 0.798. The molecule has 0 bridgehead atoms. The molecule has 0 N–H and O–H groups in total. The lowest BCUT2D eigenvalue weighted by atomic mass is 10.0. The van der Waals surface area contributed by atoms with E-state index in [0.717, 1.165) is 0 Å². The van der Waals surface area contributed by atoms with Crippen molar-refractivity contribution in [2.24, 2.45) is 5.41 Å². The van der Waals surface area contributed by atoms with Crippen molar-refractivity contribution < 1.29 is 13.2 Å². The molecule has 6 heteroatoms. The van der Waals surface area contributed by atoms with Crippen molar-refractivity contribution in [2.45, 2.75) is 16.1 Å². The molecule has 4 nitrogen and oxygen atoms in total. The first-order valence-electron chi connectivity index (χ1n) is 6.89. The Morgan fingerprint density at radius 1 is 1.13 bits per heavy atom. The fourth-order valence-electron chi connectivity index (χ4n) is 3.02. The van der Waals surface area contributed by atoms with Crippen molar-refractivity contribution in [1.82, 2.24) is 0 Å². The first-order chi connectivity index (χ1) is 11.0. The molecule has 0 saturated heterocycles. The van der Waals surface area contributed by atoms with Gasteiger partial charge in [-0.05, 0) is 29.8 Å². The number of carbonyl (C=O) groups excluding carboxylic acids is 1. The minimum Gasteiger partial charge on any atom is -0.302 e. The zero-order valence-corrected chi connectivity index (χ0v) is 13.5. The number of carbonyl (C=O) groups is 1.